The molecule has 0 atom stereocenters. The molecule has 0 spiro atoms. The summed E-state index contributed by atoms with van der Waals surface area (Å²) >= 11 is 0. The highest BCUT2D eigenvalue weighted by Gasteiger charge is 2.26. The Morgan fingerprint density at radius 3 is 2.55 bits per heavy atom. The van der Waals surface area contributed by atoms with E-state index in [1.54, 1.807) is 6.07 Å². The molecule has 0 saturated carbocycles. The highest BCUT2D eigenvalue weighted by molar-refractivity contribution is 5.27. The predicted octanol–water partition coefficient (Wildman–Crippen LogP) is 2.45. The maximum Gasteiger partial charge on any atom is 0.138 e. The molecule has 0 bridgehead atoms. The molecular formula is C16H27N3O. The third kappa shape index (κ3) is 3.93. The minimum absolute atomic E-state index is 0.265. The number of nitrogens with zero attached hydrogens (tertiary/aromatic N) is 2. The average molecular weight is 277 g/mol. The first-order valence-corrected chi connectivity index (χ1v) is 7.50. The number of aryl methyl sites for hydroxylation is 1. The van der Waals surface area contributed by atoms with Gasteiger partial charge in [-0.25, -0.2) is 0 Å². The number of nitrogens with one attached hydrogen (secondary N) is 1. The molecule has 2 N–H and O–H groups in total. The third-order valence-corrected chi connectivity index (χ3v) is 4.09. The maximum absolute atomic E-state index is 9.80. The molecule has 4 nitrogen and oxygen atoms in total. The molecule has 1 fully saturated rings. The first-order valence-electron chi connectivity index (χ1n) is 7.50. The van der Waals surface area contributed by atoms with Crippen LogP contribution in [0.1, 0.15) is 45.0 Å². The normalized spacial score (nSPS) is 18.4. The second-order valence-electron chi connectivity index (χ2n) is 6.73. The molecule has 0 amide bonds. The van der Waals surface area contributed by atoms with Crippen molar-refractivity contribution in [3.05, 3.63) is 23.5 Å². The van der Waals surface area contributed by atoms with Crippen molar-refractivity contribution < 1.29 is 5.11 Å². The molecule has 0 aromatic carbocycles. The van der Waals surface area contributed by atoms with Crippen molar-refractivity contribution in [2.75, 3.05) is 13.1 Å². The fourth-order valence-electron chi connectivity index (χ4n) is 2.73. The van der Waals surface area contributed by atoms with Gasteiger partial charge in [-0.2, -0.15) is 0 Å². The second kappa shape index (κ2) is 6.10. The Morgan fingerprint density at radius 2 is 1.95 bits per heavy atom. The summed E-state index contributed by atoms with van der Waals surface area (Å²) in [6, 6.07) is 4.08. The summed E-state index contributed by atoms with van der Waals surface area (Å²) in [5.74, 6) is 0.287. The van der Waals surface area contributed by atoms with Crippen LogP contribution in [-0.4, -0.2) is 39.7 Å². The van der Waals surface area contributed by atoms with Gasteiger partial charge in [0.2, 0.25) is 0 Å². The fraction of sp³-hybridized carbons (Fsp3) is 0.688. The van der Waals surface area contributed by atoms with Crippen LogP contribution in [0.2, 0.25) is 0 Å². The average Bonchev–Trinajstić information content (AvgIpc) is 2.39. The summed E-state index contributed by atoms with van der Waals surface area (Å²) in [6.07, 6.45) is 2.31. The van der Waals surface area contributed by atoms with Crippen LogP contribution in [0.5, 0.6) is 5.75 Å². The summed E-state index contributed by atoms with van der Waals surface area (Å²) in [5, 5.41) is 13.3. The summed E-state index contributed by atoms with van der Waals surface area (Å²) in [7, 11) is 0. The van der Waals surface area contributed by atoms with E-state index in [4.69, 9.17) is 0 Å². The first-order chi connectivity index (χ1) is 9.36. The zero-order valence-electron chi connectivity index (χ0n) is 13.1. The summed E-state index contributed by atoms with van der Waals surface area (Å²) in [6.45, 7) is 11.7. The number of hydrogen-bond acceptors (Lipinski definition) is 4. The largest absolute Gasteiger partial charge is 0.506 e. The zero-order chi connectivity index (χ0) is 14.8. The van der Waals surface area contributed by atoms with Crippen molar-refractivity contribution in [2.45, 2.75) is 58.7 Å². The molecule has 1 aliphatic rings. The Kier molecular flexibility index (Phi) is 4.66. The molecule has 1 aromatic rings. The number of likely N-dealkylation sites (tertiary alicyclic amines) is 1. The number of aromatic hydroxyl groups is 1. The van der Waals surface area contributed by atoms with E-state index >= 15 is 0 Å². The van der Waals surface area contributed by atoms with Gasteiger partial charge in [0.05, 0.1) is 5.69 Å². The van der Waals surface area contributed by atoms with E-state index in [0.29, 0.717) is 12.6 Å². The minimum Gasteiger partial charge on any atom is -0.506 e. The lowest BCUT2D eigenvalue weighted by molar-refractivity contribution is 0.0959. The summed E-state index contributed by atoms with van der Waals surface area (Å²) < 4.78 is 0. The van der Waals surface area contributed by atoms with Gasteiger partial charge in [-0.15, -0.1) is 0 Å². The Morgan fingerprint density at radius 1 is 1.30 bits per heavy atom. The lowest BCUT2D eigenvalue weighted by Crippen LogP contribution is -2.49. The quantitative estimate of drug-likeness (QED) is 0.891. The van der Waals surface area contributed by atoms with Crippen molar-refractivity contribution in [1.29, 1.82) is 0 Å². The first kappa shape index (κ1) is 15.3. The molecular weight excluding hydrogens is 250 g/mol. The van der Waals surface area contributed by atoms with Crippen LogP contribution in [0.3, 0.4) is 0 Å². The Bertz CT molecular complexity index is 446. The van der Waals surface area contributed by atoms with Gasteiger partial charge in [-0.1, -0.05) is 0 Å². The van der Waals surface area contributed by atoms with Crippen molar-refractivity contribution in [1.82, 2.24) is 15.2 Å². The van der Waals surface area contributed by atoms with Crippen molar-refractivity contribution in [3.63, 3.8) is 0 Å². The molecule has 1 aromatic heterocycles. The van der Waals surface area contributed by atoms with E-state index in [2.05, 4.69) is 36.0 Å². The standard InChI is InChI=1S/C16H27N3O/c1-12-5-6-15(20)14(18-12)11-17-13-7-9-19(10-8-13)16(2,3)4/h5-6,13,17,20H,7-11H2,1-4H3. The third-order valence-electron chi connectivity index (χ3n) is 4.09. The van der Waals surface area contributed by atoms with Crippen LogP contribution in [0.4, 0.5) is 0 Å². The van der Waals surface area contributed by atoms with E-state index in [9.17, 15) is 5.11 Å². The number of pyridine rings is 1. The van der Waals surface area contributed by atoms with E-state index < -0.39 is 0 Å². The molecule has 0 aliphatic carbocycles. The molecule has 2 heterocycles. The maximum atomic E-state index is 9.80. The van der Waals surface area contributed by atoms with E-state index in [1.165, 1.54) is 0 Å². The number of hydrogen-bond donors (Lipinski definition) is 2. The summed E-state index contributed by atoms with van der Waals surface area (Å²) in [4.78, 5) is 6.92. The van der Waals surface area contributed by atoms with Crippen molar-refractivity contribution in [2.24, 2.45) is 0 Å². The fourth-order valence-corrected chi connectivity index (χ4v) is 2.73. The topological polar surface area (TPSA) is 48.4 Å². The number of piperidine rings is 1. The predicted molar refractivity (Wildman–Crippen MR) is 81.8 cm³/mol. The van der Waals surface area contributed by atoms with Crippen LogP contribution in [0.15, 0.2) is 12.1 Å². The minimum atomic E-state index is 0.265. The lowest BCUT2D eigenvalue weighted by Gasteiger charge is -2.41. The summed E-state index contributed by atoms with van der Waals surface area (Å²) in [5.41, 5.74) is 1.96. The Hall–Kier alpha value is -1.13. The van der Waals surface area contributed by atoms with Gasteiger partial charge in [-0.05, 0) is 52.7 Å². The van der Waals surface area contributed by atoms with Gasteiger partial charge >= 0.3 is 0 Å². The van der Waals surface area contributed by atoms with Crippen LogP contribution < -0.4 is 5.32 Å². The lowest BCUT2D eigenvalue weighted by atomic mass is 9.98. The van der Waals surface area contributed by atoms with Gasteiger partial charge < -0.3 is 10.4 Å². The number of aromatic nitrogens is 1. The van der Waals surface area contributed by atoms with Crippen LogP contribution in [0.25, 0.3) is 0 Å². The highest BCUT2D eigenvalue weighted by atomic mass is 16.3. The van der Waals surface area contributed by atoms with Gasteiger partial charge in [0.25, 0.3) is 0 Å². The highest BCUT2D eigenvalue weighted by Crippen LogP contribution is 2.21. The Labute approximate surface area is 122 Å². The van der Waals surface area contributed by atoms with Gasteiger partial charge in [0.15, 0.2) is 0 Å². The van der Waals surface area contributed by atoms with Gasteiger partial charge in [0, 0.05) is 36.9 Å². The Balaban J connectivity index is 1.83. The molecule has 1 saturated heterocycles. The van der Waals surface area contributed by atoms with E-state index in [-0.39, 0.29) is 11.3 Å². The second-order valence-corrected chi connectivity index (χ2v) is 6.73. The molecule has 1 aliphatic heterocycles. The van der Waals surface area contributed by atoms with Crippen LogP contribution in [-0.2, 0) is 6.54 Å². The zero-order valence-corrected chi connectivity index (χ0v) is 13.1. The molecule has 2 rings (SSSR count). The molecule has 0 unspecified atom stereocenters. The van der Waals surface area contributed by atoms with Gasteiger partial charge in [-0.3, -0.25) is 9.88 Å². The monoisotopic (exact) mass is 277 g/mol. The van der Waals surface area contributed by atoms with Crippen LogP contribution >= 0.6 is 0 Å². The van der Waals surface area contributed by atoms with Gasteiger partial charge in [0.1, 0.15) is 5.75 Å². The number of rotatable bonds is 3. The molecule has 112 valence electrons. The molecule has 0 radical (unpaired) electrons. The molecule has 4 heteroatoms. The van der Waals surface area contributed by atoms with Crippen molar-refractivity contribution in [3.8, 4) is 5.75 Å². The molecule has 20 heavy (non-hydrogen) atoms. The van der Waals surface area contributed by atoms with E-state index in [1.807, 2.05) is 13.0 Å². The van der Waals surface area contributed by atoms with Crippen LogP contribution in [0, 0.1) is 6.92 Å². The van der Waals surface area contributed by atoms with E-state index in [0.717, 1.165) is 37.3 Å². The smallest absolute Gasteiger partial charge is 0.138 e. The van der Waals surface area contributed by atoms with Crippen molar-refractivity contribution >= 4 is 0 Å². The SMILES string of the molecule is Cc1ccc(O)c(CNC2CCN(C(C)(C)C)CC2)n1.